The molecule has 7 heteroatoms. The van der Waals surface area contributed by atoms with Crippen LogP contribution in [0, 0.1) is 0 Å². The molecule has 0 saturated heterocycles. The second-order valence-electron chi connectivity index (χ2n) is 3.50. The zero-order chi connectivity index (χ0) is 12.3. The first kappa shape index (κ1) is 11.8. The van der Waals surface area contributed by atoms with Crippen molar-refractivity contribution in [1.82, 2.24) is 19.6 Å². The molecule has 0 N–H and O–H groups in total. The number of aromatic nitrogens is 4. The summed E-state index contributed by atoms with van der Waals surface area (Å²) in [6.07, 6.45) is 5.43. The molecule has 6 nitrogen and oxygen atoms in total. The maximum atomic E-state index is 11.1. The lowest BCUT2D eigenvalue weighted by Crippen LogP contribution is -2.09. The Morgan fingerprint density at radius 1 is 1.65 bits per heavy atom. The molecule has 2 heterocycles. The van der Waals surface area contributed by atoms with E-state index in [9.17, 15) is 4.79 Å². The van der Waals surface area contributed by atoms with E-state index < -0.39 is 0 Å². The first-order chi connectivity index (χ1) is 8.20. The molecule has 2 aromatic heterocycles. The number of hydrogen-bond acceptors (Lipinski definition) is 6. The molecule has 2 rings (SSSR count). The zero-order valence-electron chi connectivity index (χ0n) is 9.53. The van der Waals surface area contributed by atoms with Crippen LogP contribution in [-0.2, 0) is 9.53 Å². The molecule has 17 heavy (non-hydrogen) atoms. The Morgan fingerprint density at radius 3 is 3.24 bits per heavy atom. The van der Waals surface area contributed by atoms with Crippen LogP contribution >= 0.6 is 11.8 Å². The van der Waals surface area contributed by atoms with Gasteiger partial charge in [-0.15, -0.1) is 10.2 Å². The molecule has 0 amide bonds. The van der Waals surface area contributed by atoms with Gasteiger partial charge in [-0.2, -0.15) is 0 Å². The van der Waals surface area contributed by atoms with Gasteiger partial charge in [0.25, 0.3) is 0 Å². The first-order valence-electron chi connectivity index (χ1n) is 5.08. The number of ether oxygens (including phenoxy) is 1. The van der Waals surface area contributed by atoms with Gasteiger partial charge in [-0.25, -0.2) is 4.98 Å². The summed E-state index contributed by atoms with van der Waals surface area (Å²) >= 11 is 1.49. The maximum Gasteiger partial charge on any atom is 0.306 e. The second kappa shape index (κ2) is 5.13. The third kappa shape index (κ3) is 2.73. The molecule has 0 aliphatic heterocycles. The van der Waals surface area contributed by atoms with Crippen molar-refractivity contribution in [3.8, 4) is 0 Å². The van der Waals surface area contributed by atoms with Crippen molar-refractivity contribution in [2.45, 2.75) is 23.6 Å². The number of carbonyl (C=O) groups excluding carboxylic acids is 1. The van der Waals surface area contributed by atoms with E-state index in [1.165, 1.54) is 18.9 Å². The average molecular weight is 252 g/mol. The molecule has 0 aliphatic carbocycles. The molecule has 90 valence electrons. The number of thioether (sulfide) groups is 1. The smallest absolute Gasteiger partial charge is 0.306 e. The molecule has 0 aliphatic rings. The topological polar surface area (TPSA) is 69.4 Å². The minimum atomic E-state index is -0.224. The van der Waals surface area contributed by atoms with Gasteiger partial charge in [0, 0.05) is 17.6 Å². The molecule has 0 spiro atoms. The molecular weight excluding hydrogens is 240 g/mol. The molecule has 0 saturated carbocycles. The van der Waals surface area contributed by atoms with Gasteiger partial charge < -0.3 is 4.74 Å². The summed E-state index contributed by atoms with van der Waals surface area (Å²) in [6.45, 7) is 1.95. The summed E-state index contributed by atoms with van der Waals surface area (Å²) in [4.78, 5) is 15.4. The van der Waals surface area contributed by atoms with Crippen molar-refractivity contribution in [3.05, 3.63) is 18.7 Å². The molecule has 0 fully saturated rings. The summed E-state index contributed by atoms with van der Waals surface area (Å²) in [5.41, 5.74) is 0.703. The van der Waals surface area contributed by atoms with Crippen LogP contribution in [0.15, 0.2) is 23.7 Å². The highest BCUT2D eigenvalue weighted by atomic mass is 32.2. The van der Waals surface area contributed by atoms with Crippen LogP contribution in [0.1, 0.15) is 13.3 Å². The highest BCUT2D eigenvalue weighted by molar-refractivity contribution is 8.00. The summed E-state index contributed by atoms with van der Waals surface area (Å²) in [7, 11) is 1.39. The fourth-order valence-electron chi connectivity index (χ4n) is 1.37. The van der Waals surface area contributed by atoms with E-state index in [0.29, 0.717) is 12.1 Å². The van der Waals surface area contributed by atoms with Crippen LogP contribution < -0.4 is 0 Å². The predicted molar refractivity (Wildman–Crippen MR) is 62.7 cm³/mol. The Balaban J connectivity index is 2.12. The van der Waals surface area contributed by atoms with Gasteiger partial charge >= 0.3 is 5.97 Å². The fourth-order valence-corrected chi connectivity index (χ4v) is 2.34. The van der Waals surface area contributed by atoms with Crippen molar-refractivity contribution in [2.75, 3.05) is 7.11 Å². The third-order valence-corrected chi connectivity index (χ3v) is 3.26. The van der Waals surface area contributed by atoms with E-state index in [1.54, 1.807) is 23.1 Å². The lowest BCUT2D eigenvalue weighted by molar-refractivity contribution is -0.140. The van der Waals surface area contributed by atoms with E-state index in [2.05, 4.69) is 19.9 Å². The van der Waals surface area contributed by atoms with Gasteiger partial charge in [0.1, 0.15) is 11.4 Å². The van der Waals surface area contributed by atoms with Crippen LogP contribution in [0.25, 0.3) is 5.65 Å². The van der Waals surface area contributed by atoms with Gasteiger partial charge in [-0.05, 0) is 0 Å². The maximum absolute atomic E-state index is 11.1. The van der Waals surface area contributed by atoms with E-state index in [1.807, 2.05) is 6.92 Å². The Bertz CT molecular complexity index is 528. The van der Waals surface area contributed by atoms with E-state index in [-0.39, 0.29) is 11.2 Å². The van der Waals surface area contributed by atoms with Crippen molar-refractivity contribution < 1.29 is 9.53 Å². The summed E-state index contributed by atoms with van der Waals surface area (Å²) < 4.78 is 6.42. The molecule has 1 unspecified atom stereocenters. The monoisotopic (exact) mass is 252 g/mol. The highest BCUT2D eigenvalue weighted by Crippen LogP contribution is 2.25. The number of fused-ring (bicyclic) bond motifs is 1. The van der Waals surface area contributed by atoms with E-state index in [0.717, 1.165) is 5.03 Å². The zero-order valence-corrected chi connectivity index (χ0v) is 10.3. The van der Waals surface area contributed by atoms with Gasteiger partial charge in [-0.1, -0.05) is 18.7 Å². The van der Waals surface area contributed by atoms with Crippen LogP contribution in [0.3, 0.4) is 0 Å². The van der Waals surface area contributed by atoms with Crippen LogP contribution in [0.2, 0.25) is 0 Å². The second-order valence-corrected chi connectivity index (χ2v) is 4.93. The SMILES string of the molecule is COC(=O)CC(C)Sc1nccn2cnnc12. The predicted octanol–water partition coefficient (Wildman–Crippen LogP) is 1.17. The molecule has 2 aromatic rings. The third-order valence-electron chi connectivity index (χ3n) is 2.18. The van der Waals surface area contributed by atoms with Crippen molar-refractivity contribution >= 4 is 23.4 Å². The number of nitrogens with zero attached hydrogens (tertiary/aromatic N) is 4. The summed E-state index contributed by atoms with van der Waals surface area (Å²) in [5.74, 6) is -0.224. The van der Waals surface area contributed by atoms with Gasteiger partial charge in [0.15, 0.2) is 5.65 Å². The lowest BCUT2D eigenvalue weighted by atomic mass is 10.3. The number of rotatable bonds is 4. The Hall–Kier alpha value is -1.63. The van der Waals surface area contributed by atoms with Gasteiger partial charge in [0.05, 0.1) is 13.5 Å². The van der Waals surface area contributed by atoms with Crippen LogP contribution in [-0.4, -0.2) is 37.9 Å². The van der Waals surface area contributed by atoms with Crippen molar-refractivity contribution in [3.63, 3.8) is 0 Å². The largest absolute Gasteiger partial charge is 0.469 e. The Labute approximate surface area is 102 Å². The van der Waals surface area contributed by atoms with Gasteiger partial charge in [-0.3, -0.25) is 9.20 Å². The Kier molecular flexibility index (Phi) is 3.58. The summed E-state index contributed by atoms with van der Waals surface area (Å²) in [6, 6.07) is 0. The molecule has 1 atom stereocenters. The molecule has 0 aromatic carbocycles. The highest BCUT2D eigenvalue weighted by Gasteiger charge is 2.14. The molecule has 0 bridgehead atoms. The Morgan fingerprint density at radius 2 is 2.47 bits per heavy atom. The quantitative estimate of drug-likeness (QED) is 0.601. The lowest BCUT2D eigenvalue weighted by Gasteiger charge is -2.08. The number of carbonyl (C=O) groups is 1. The molecular formula is C10H12N4O2S. The van der Waals surface area contributed by atoms with Crippen LogP contribution in [0.5, 0.6) is 0 Å². The van der Waals surface area contributed by atoms with Crippen molar-refractivity contribution in [1.29, 1.82) is 0 Å². The minimum absolute atomic E-state index is 0.0813. The standard InChI is InChI=1S/C10H12N4O2S/c1-7(5-8(15)16-2)17-10-9-13-12-6-14(9)4-3-11-10/h3-4,6-7H,5H2,1-2H3. The fraction of sp³-hybridized carbons (Fsp3) is 0.400. The first-order valence-corrected chi connectivity index (χ1v) is 5.96. The van der Waals surface area contributed by atoms with E-state index >= 15 is 0 Å². The van der Waals surface area contributed by atoms with Crippen LogP contribution in [0.4, 0.5) is 0 Å². The summed E-state index contributed by atoms with van der Waals surface area (Å²) in [5, 5.41) is 8.65. The minimum Gasteiger partial charge on any atom is -0.469 e. The number of esters is 1. The van der Waals surface area contributed by atoms with Crippen molar-refractivity contribution in [2.24, 2.45) is 0 Å². The number of methoxy groups -OCH3 is 1. The van der Waals surface area contributed by atoms with Gasteiger partial charge in [0.2, 0.25) is 0 Å². The van der Waals surface area contributed by atoms with E-state index in [4.69, 9.17) is 0 Å². The molecule has 0 radical (unpaired) electrons. The average Bonchev–Trinajstić information content (AvgIpc) is 2.78. The normalized spacial score (nSPS) is 12.6. The number of hydrogen-bond donors (Lipinski definition) is 0.